The summed E-state index contributed by atoms with van der Waals surface area (Å²) in [6.45, 7) is 0.355. The van der Waals surface area contributed by atoms with Crippen LogP contribution in [0, 0.1) is 0 Å². The molecule has 2 rings (SSSR count). The minimum atomic E-state index is -0.254. The summed E-state index contributed by atoms with van der Waals surface area (Å²) < 4.78 is 6.76. The van der Waals surface area contributed by atoms with Crippen molar-refractivity contribution in [2.24, 2.45) is 5.73 Å². The van der Waals surface area contributed by atoms with Crippen LogP contribution in [0.2, 0.25) is 10.0 Å². The number of hydrogen-bond donors (Lipinski definition) is 1. The van der Waals surface area contributed by atoms with Crippen molar-refractivity contribution < 1.29 is 4.74 Å². The van der Waals surface area contributed by atoms with E-state index in [9.17, 15) is 0 Å². The predicted octanol–water partition coefficient (Wildman–Crippen LogP) is 4.83. The first-order chi connectivity index (χ1) is 9.10. The molecule has 2 aromatic rings. The third-order valence-electron chi connectivity index (χ3n) is 2.62. The number of hydrogen-bond acceptors (Lipinski definition) is 2. The van der Waals surface area contributed by atoms with E-state index in [0.29, 0.717) is 22.3 Å². The maximum atomic E-state index is 6.13. The van der Waals surface area contributed by atoms with Crippen molar-refractivity contribution in [2.45, 2.75) is 6.10 Å². The summed E-state index contributed by atoms with van der Waals surface area (Å²) in [5.74, 6) is 0.607. The van der Waals surface area contributed by atoms with Gasteiger partial charge >= 0.3 is 0 Å². The van der Waals surface area contributed by atoms with Gasteiger partial charge in [-0.25, -0.2) is 0 Å². The van der Waals surface area contributed by atoms with Crippen molar-refractivity contribution in [3.8, 4) is 5.75 Å². The van der Waals surface area contributed by atoms with Gasteiger partial charge in [-0.05, 0) is 35.9 Å². The smallest absolute Gasteiger partial charge is 0.138 e. The molecule has 19 heavy (non-hydrogen) atoms. The molecule has 0 aromatic heterocycles. The van der Waals surface area contributed by atoms with E-state index < -0.39 is 0 Å². The second kappa shape index (κ2) is 6.62. The van der Waals surface area contributed by atoms with Gasteiger partial charge in [0.15, 0.2) is 0 Å². The lowest BCUT2D eigenvalue weighted by molar-refractivity contribution is 0.214. The molecule has 0 aliphatic heterocycles. The van der Waals surface area contributed by atoms with Gasteiger partial charge in [0.25, 0.3) is 0 Å². The van der Waals surface area contributed by atoms with Crippen molar-refractivity contribution in [3.05, 3.63) is 62.5 Å². The highest BCUT2D eigenvalue weighted by Crippen LogP contribution is 2.31. The van der Waals surface area contributed by atoms with Crippen molar-refractivity contribution in [2.75, 3.05) is 6.54 Å². The van der Waals surface area contributed by atoms with Crippen LogP contribution >= 0.6 is 39.1 Å². The third kappa shape index (κ3) is 3.86. The van der Waals surface area contributed by atoms with E-state index >= 15 is 0 Å². The number of rotatable bonds is 4. The van der Waals surface area contributed by atoms with Crippen LogP contribution in [0.5, 0.6) is 5.75 Å². The Labute approximate surface area is 130 Å². The molecule has 0 aliphatic carbocycles. The number of nitrogens with two attached hydrogens (primary N) is 1. The van der Waals surface area contributed by atoms with E-state index in [1.165, 1.54) is 0 Å². The standard InChI is InChI=1S/C14H12BrCl2NO/c15-10-3-6-13(12(17)7-10)19-14(8-18)9-1-4-11(16)5-2-9/h1-7,14H,8,18H2. The fourth-order valence-corrected chi connectivity index (χ4v) is 2.50. The van der Waals surface area contributed by atoms with Crippen LogP contribution in [-0.4, -0.2) is 6.54 Å². The first-order valence-electron chi connectivity index (χ1n) is 5.67. The molecule has 0 saturated heterocycles. The molecular weight excluding hydrogens is 349 g/mol. The van der Waals surface area contributed by atoms with Crippen molar-refractivity contribution >= 4 is 39.1 Å². The number of halogens is 3. The average Bonchev–Trinajstić information content (AvgIpc) is 2.39. The molecule has 0 bridgehead atoms. The van der Waals surface area contributed by atoms with Crippen LogP contribution in [0.4, 0.5) is 0 Å². The van der Waals surface area contributed by atoms with Crippen LogP contribution in [0.3, 0.4) is 0 Å². The van der Waals surface area contributed by atoms with Crippen molar-refractivity contribution in [1.29, 1.82) is 0 Å². The zero-order valence-corrected chi connectivity index (χ0v) is 13.0. The van der Waals surface area contributed by atoms with E-state index in [1.807, 2.05) is 36.4 Å². The highest BCUT2D eigenvalue weighted by molar-refractivity contribution is 9.10. The molecule has 0 saturated carbocycles. The molecule has 2 aromatic carbocycles. The zero-order valence-electron chi connectivity index (χ0n) is 9.95. The van der Waals surface area contributed by atoms with Gasteiger partial charge in [-0.3, -0.25) is 0 Å². The summed E-state index contributed by atoms with van der Waals surface area (Å²) in [6.07, 6.45) is -0.254. The lowest BCUT2D eigenvalue weighted by Crippen LogP contribution is -2.18. The molecule has 100 valence electrons. The Morgan fingerprint density at radius 1 is 1.11 bits per heavy atom. The maximum Gasteiger partial charge on any atom is 0.138 e. The number of ether oxygens (including phenoxy) is 1. The van der Waals surface area contributed by atoms with E-state index in [2.05, 4.69) is 15.9 Å². The predicted molar refractivity (Wildman–Crippen MR) is 83.0 cm³/mol. The van der Waals surface area contributed by atoms with E-state index in [-0.39, 0.29) is 6.10 Å². The van der Waals surface area contributed by atoms with Gasteiger partial charge < -0.3 is 10.5 Å². The van der Waals surface area contributed by atoms with Gasteiger partial charge in [-0.15, -0.1) is 0 Å². The van der Waals surface area contributed by atoms with Crippen LogP contribution in [0.15, 0.2) is 46.9 Å². The highest BCUT2D eigenvalue weighted by atomic mass is 79.9. The molecule has 0 heterocycles. The first-order valence-corrected chi connectivity index (χ1v) is 7.22. The van der Waals surface area contributed by atoms with Gasteiger partial charge in [0.05, 0.1) is 5.02 Å². The summed E-state index contributed by atoms with van der Waals surface area (Å²) in [4.78, 5) is 0. The summed E-state index contributed by atoms with van der Waals surface area (Å²) >= 11 is 15.3. The second-order valence-corrected chi connectivity index (χ2v) is 5.73. The fourth-order valence-electron chi connectivity index (χ4n) is 1.65. The molecule has 2 N–H and O–H groups in total. The molecule has 0 amide bonds. The molecule has 0 aliphatic rings. The Hall–Kier alpha value is -0.740. The minimum absolute atomic E-state index is 0.254. The number of benzene rings is 2. The molecule has 1 unspecified atom stereocenters. The van der Waals surface area contributed by atoms with Crippen molar-refractivity contribution in [3.63, 3.8) is 0 Å². The monoisotopic (exact) mass is 359 g/mol. The Morgan fingerprint density at radius 2 is 1.79 bits per heavy atom. The van der Waals surface area contributed by atoms with Gasteiger partial charge in [0, 0.05) is 16.0 Å². The van der Waals surface area contributed by atoms with Gasteiger partial charge in [-0.2, -0.15) is 0 Å². The Kier molecular flexibility index (Phi) is 5.11. The van der Waals surface area contributed by atoms with E-state index in [0.717, 1.165) is 10.0 Å². The maximum absolute atomic E-state index is 6.13. The zero-order chi connectivity index (χ0) is 13.8. The summed E-state index contributed by atoms with van der Waals surface area (Å²) in [5, 5.41) is 1.22. The van der Waals surface area contributed by atoms with E-state index in [4.69, 9.17) is 33.7 Å². The van der Waals surface area contributed by atoms with Crippen LogP contribution in [-0.2, 0) is 0 Å². The van der Waals surface area contributed by atoms with Crippen LogP contribution in [0.1, 0.15) is 11.7 Å². The average molecular weight is 361 g/mol. The highest BCUT2D eigenvalue weighted by Gasteiger charge is 2.13. The quantitative estimate of drug-likeness (QED) is 0.846. The van der Waals surface area contributed by atoms with Gasteiger partial charge in [-0.1, -0.05) is 51.3 Å². The Morgan fingerprint density at radius 3 is 2.37 bits per heavy atom. The van der Waals surface area contributed by atoms with Crippen LogP contribution in [0.25, 0.3) is 0 Å². The molecule has 2 nitrogen and oxygen atoms in total. The second-order valence-electron chi connectivity index (χ2n) is 3.97. The molecule has 0 fully saturated rings. The Balaban J connectivity index is 2.21. The normalized spacial score (nSPS) is 12.2. The Bertz CT molecular complexity index is 560. The first kappa shape index (κ1) is 14.7. The summed E-state index contributed by atoms with van der Waals surface area (Å²) in [5.41, 5.74) is 6.72. The van der Waals surface area contributed by atoms with Crippen molar-refractivity contribution in [1.82, 2.24) is 0 Å². The topological polar surface area (TPSA) is 35.2 Å². The molecule has 0 spiro atoms. The summed E-state index contributed by atoms with van der Waals surface area (Å²) in [7, 11) is 0. The van der Waals surface area contributed by atoms with Gasteiger partial charge in [0.1, 0.15) is 11.9 Å². The summed E-state index contributed by atoms with van der Waals surface area (Å²) in [6, 6.07) is 12.9. The SMILES string of the molecule is NCC(Oc1ccc(Br)cc1Cl)c1ccc(Cl)cc1. The lowest BCUT2D eigenvalue weighted by Gasteiger charge is -2.19. The molecule has 0 radical (unpaired) electrons. The largest absolute Gasteiger partial charge is 0.483 e. The lowest BCUT2D eigenvalue weighted by atomic mass is 10.1. The molecule has 1 atom stereocenters. The third-order valence-corrected chi connectivity index (χ3v) is 3.66. The minimum Gasteiger partial charge on any atom is -0.483 e. The fraction of sp³-hybridized carbons (Fsp3) is 0.143. The van der Waals surface area contributed by atoms with Crippen LogP contribution < -0.4 is 10.5 Å². The molecule has 5 heteroatoms. The van der Waals surface area contributed by atoms with Gasteiger partial charge in [0.2, 0.25) is 0 Å². The van der Waals surface area contributed by atoms with E-state index in [1.54, 1.807) is 6.07 Å². The molecular formula is C14H12BrCl2NO.